The number of aromatic hydroxyl groups is 1. The highest BCUT2D eigenvalue weighted by Gasteiger charge is 2.16. The summed E-state index contributed by atoms with van der Waals surface area (Å²) in [6, 6.07) is 6.84. The van der Waals surface area contributed by atoms with Crippen LogP contribution in [0.15, 0.2) is 29.4 Å². The molecule has 0 saturated heterocycles. The fraction of sp³-hybridized carbons (Fsp3) is 0. The molecule has 0 atom stereocenters. The normalized spacial score (nSPS) is 10.5. The highest BCUT2D eigenvalue weighted by Crippen LogP contribution is 2.45. The van der Waals surface area contributed by atoms with Gasteiger partial charge in [-0.05, 0) is 5.18 Å². The molecule has 0 aromatic heterocycles. The first-order valence-electron chi connectivity index (χ1n) is 4.09. The van der Waals surface area contributed by atoms with E-state index in [-0.39, 0.29) is 21.5 Å². The van der Waals surface area contributed by atoms with Crippen molar-refractivity contribution in [2.75, 3.05) is 0 Å². The van der Waals surface area contributed by atoms with Crippen molar-refractivity contribution in [2.45, 2.75) is 0 Å². The summed E-state index contributed by atoms with van der Waals surface area (Å²) in [5, 5.41) is 13.6. The summed E-state index contributed by atoms with van der Waals surface area (Å²) in [5.74, 6) is -0.379. The number of hydrogen-bond donors (Lipinski definition) is 1. The molecule has 0 aliphatic rings. The Bertz CT molecular complexity index is 555. The Morgan fingerprint density at radius 3 is 2.27 bits per heavy atom. The molecule has 0 spiro atoms. The maximum Gasteiger partial charge on any atom is 0.165 e. The SMILES string of the molecule is O=Nc1c(O)c(Cl)c(Cl)c2ccccc12. The smallest absolute Gasteiger partial charge is 0.165 e. The molecule has 5 heteroatoms. The maximum atomic E-state index is 10.6. The molecule has 0 heterocycles. The second-order valence-corrected chi connectivity index (χ2v) is 3.72. The number of rotatable bonds is 1. The molecule has 3 nitrogen and oxygen atoms in total. The zero-order valence-electron chi connectivity index (χ0n) is 7.37. The third-order valence-electron chi connectivity index (χ3n) is 2.13. The summed E-state index contributed by atoms with van der Waals surface area (Å²) >= 11 is 11.7. The third kappa shape index (κ3) is 1.44. The molecule has 0 aliphatic heterocycles. The van der Waals surface area contributed by atoms with Crippen LogP contribution in [-0.2, 0) is 0 Å². The fourth-order valence-corrected chi connectivity index (χ4v) is 1.87. The quantitative estimate of drug-likeness (QED) is 0.759. The topological polar surface area (TPSA) is 49.7 Å². The molecule has 0 radical (unpaired) electrons. The van der Waals surface area contributed by atoms with Gasteiger partial charge in [-0.25, -0.2) is 0 Å². The molecule has 2 aromatic rings. The Balaban J connectivity index is 3.04. The number of halogens is 2. The van der Waals surface area contributed by atoms with Gasteiger partial charge in [0.1, 0.15) is 5.02 Å². The average molecular weight is 242 g/mol. The Morgan fingerprint density at radius 1 is 1.07 bits per heavy atom. The highest BCUT2D eigenvalue weighted by atomic mass is 35.5. The zero-order chi connectivity index (χ0) is 11.0. The van der Waals surface area contributed by atoms with Gasteiger partial charge in [-0.15, -0.1) is 4.91 Å². The van der Waals surface area contributed by atoms with Gasteiger partial charge in [0.2, 0.25) is 0 Å². The molecule has 0 fully saturated rings. The van der Waals surface area contributed by atoms with E-state index in [1.165, 1.54) is 0 Å². The summed E-state index contributed by atoms with van der Waals surface area (Å²) < 4.78 is 0. The van der Waals surface area contributed by atoms with E-state index in [0.29, 0.717) is 10.8 Å². The van der Waals surface area contributed by atoms with Gasteiger partial charge >= 0.3 is 0 Å². The lowest BCUT2D eigenvalue weighted by atomic mass is 10.1. The lowest BCUT2D eigenvalue weighted by Gasteiger charge is -2.07. The first kappa shape index (κ1) is 10.2. The van der Waals surface area contributed by atoms with Crippen molar-refractivity contribution in [1.29, 1.82) is 0 Å². The minimum atomic E-state index is -0.379. The van der Waals surface area contributed by atoms with Gasteiger partial charge in [0, 0.05) is 10.8 Å². The third-order valence-corrected chi connectivity index (χ3v) is 2.99. The van der Waals surface area contributed by atoms with E-state index in [1.54, 1.807) is 24.3 Å². The van der Waals surface area contributed by atoms with E-state index < -0.39 is 0 Å². The molecule has 0 unspecified atom stereocenters. The number of phenols is 1. The van der Waals surface area contributed by atoms with Crippen LogP contribution in [0.25, 0.3) is 10.8 Å². The van der Waals surface area contributed by atoms with Crippen LogP contribution in [0.5, 0.6) is 5.75 Å². The number of fused-ring (bicyclic) bond motifs is 1. The predicted octanol–water partition coefficient (Wildman–Crippen LogP) is 4.25. The van der Waals surface area contributed by atoms with Crippen LogP contribution in [0.2, 0.25) is 10.0 Å². The fourth-order valence-electron chi connectivity index (χ4n) is 1.43. The number of phenolic OH excluding ortho intramolecular Hbond substituents is 1. The van der Waals surface area contributed by atoms with Gasteiger partial charge in [0.25, 0.3) is 0 Å². The minimum absolute atomic E-state index is 0.0510. The molecule has 76 valence electrons. The van der Waals surface area contributed by atoms with Crippen LogP contribution < -0.4 is 0 Å². The molecule has 2 aromatic carbocycles. The average Bonchev–Trinajstić information content (AvgIpc) is 2.27. The first-order valence-corrected chi connectivity index (χ1v) is 4.84. The summed E-state index contributed by atoms with van der Waals surface area (Å²) in [6.45, 7) is 0. The zero-order valence-corrected chi connectivity index (χ0v) is 8.88. The van der Waals surface area contributed by atoms with Crippen molar-refractivity contribution in [3.8, 4) is 5.75 Å². The van der Waals surface area contributed by atoms with Gasteiger partial charge in [-0.2, -0.15) is 0 Å². The molecule has 0 aliphatic carbocycles. The predicted molar refractivity (Wildman–Crippen MR) is 61.1 cm³/mol. The van der Waals surface area contributed by atoms with E-state index in [9.17, 15) is 10.0 Å². The standard InChI is InChI=1S/C10H5Cl2NO2/c11-7-5-3-1-2-4-6(5)9(13-15)10(14)8(7)12/h1-4,14H. The number of hydrogen-bond acceptors (Lipinski definition) is 3. The molecular formula is C10H5Cl2NO2. The van der Waals surface area contributed by atoms with Gasteiger partial charge < -0.3 is 5.11 Å². The Labute approximate surface area is 95.2 Å². The summed E-state index contributed by atoms with van der Waals surface area (Å²) in [6.07, 6.45) is 0. The molecule has 0 amide bonds. The highest BCUT2D eigenvalue weighted by molar-refractivity contribution is 6.47. The van der Waals surface area contributed by atoms with E-state index in [4.69, 9.17) is 23.2 Å². The van der Waals surface area contributed by atoms with E-state index in [0.717, 1.165) is 0 Å². The van der Waals surface area contributed by atoms with Crippen molar-refractivity contribution < 1.29 is 5.11 Å². The van der Waals surface area contributed by atoms with Crippen molar-refractivity contribution in [3.05, 3.63) is 39.2 Å². The minimum Gasteiger partial charge on any atom is -0.504 e. The van der Waals surface area contributed by atoms with Crippen LogP contribution in [0.3, 0.4) is 0 Å². The number of benzene rings is 2. The largest absolute Gasteiger partial charge is 0.504 e. The van der Waals surface area contributed by atoms with Crippen LogP contribution in [-0.4, -0.2) is 5.11 Å². The van der Waals surface area contributed by atoms with Crippen LogP contribution in [0.4, 0.5) is 5.69 Å². The lowest BCUT2D eigenvalue weighted by molar-refractivity contribution is 0.478. The second-order valence-electron chi connectivity index (χ2n) is 2.96. The van der Waals surface area contributed by atoms with Crippen molar-refractivity contribution in [1.82, 2.24) is 0 Å². The Kier molecular flexibility index (Phi) is 2.50. The Morgan fingerprint density at radius 2 is 1.67 bits per heavy atom. The van der Waals surface area contributed by atoms with E-state index in [2.05, 4.69) is 5.18 Å². The van der Waals surface area contributed by atoms with E-state index in [1.807, 2.05) is 0 Å². The maximum absolute atomic E-state index is 10.6. The van der Waals surface area contributed by atoms with Gasteiger partial charge in [0.05, 0.1) is 5.02 Å². The van der Waals surface area contributed by atoms with Crippen molar-refractivity contribution >= 4 is 39.7 Å². The molecule has 0 bridgehead atoms. The molecular weight excluding hydrogens is 237 g/mol. The van der Waals surface area contributed by atoms with E-state index >= 15 is 0 Å². The monoisotopic (exact) mass is 241 g/mol. The van der Waals surface area contributed by atoms with Crippen LogP contribution in [0.1, 0.15) is 0 Å². The van der Waals surface area contributed by atoms with Crippen LogP contribution in [0, 0.1) is 4.91 Å². The summed E-state index contributed by atoms with van der Waals surface area (Å²) in [7, 11) is 0. The summed E-state index contributed by atoms with van der Waals surface area (Å²) in [5.41, 5.74) is -0.0833. The van der Waals surface area contributed by atoms with Crippen molar-refractivity contribution in [2.24, 2.45) is 5.18 Å². The molecule has 1 N–H and O–H groups in total. The number of nitroso groups, excluding NO2 is 1. The van der Waals surface area contributed by atoms with Gasteiger partial charge in [-0.3, -0.25) is 0 Å². The molecule has 15 heavy (non-hydrogen) atoms. The first-order chi connectivity index (χ1) is 7.16. The van der Waals surface area contributed by atoms with Crippen LogP contribution >= 0.6 is 23.2 Å². The van der Waals surface area contributed by atoms with Gasteiger partial charge in [0.15, 0.2) is 11.4 Å². The van der Waals surface area contributed by atoms with Gasteiger partial charge in [-0.1, -0.05) is 47.5 Å². The second kappa shape index (κ2) is 3.68. The van der Waals surface area contributed by atoms with Crippen molar-refractivity contribution in [3.63, 3.8) is 0 Å². The molecule has 2 rings (SSSR count). The summed E-state index contributed by atoms with van der Waals surface area (Å²) in [4.78, 5) is 10.6. The lowest BCUT2D eigenvalue weighted by Crippen LogP contribution is -1.79. The Hall–Kier alpha value is -1.32. The molecule has 0 saturated carbocycles. The number of nitrogens with zero attached hydrogens (tertiary/aromatic N) is 1.